The van der Waals surface area contributed by atoms with E-state index in [1.165, 1.54) is 0 Å². The van der Waals surface area contributed by atoms with Crippen molar-refractivity contribution in [3.63, 3.8) is 0 Å². The first kappa shape index (κ1) is 14.5. The van der Waals surface area contributed by atoms with E-state index in [2.05, 4.69) is 10.3 Å². The first-order chi connectivity index (χ1) is 9.67. The molecule has 0 aliphatic carbocycles. The molecule has 0 radical (unpaired) electrons. The smallest absolute Gasteiger partial charge is 0.184 e. The molecule has 0 saturated heterocycles. The number of ether oxygens (including phenoxy) is 2. The van der Waals surface area contributed by atoms with Gasteiger partial charge in [-0.05, 0) is 24.6 Å². The van der Waals surface area contributed by atoms with Crippen LogP contribution in [0.1, 0.15) is 11.3 Å². The number of pyridine rings is 1. The third kappa shape index (κ3) is 2.96. The van der Waals surface area contributed by atoms with Gasteiger partial charge in [-0.3, -0.25) is 4.98 Å². The summed E-state index contributed by atoms with van der Waals surface area (Å²) < 4.78 is 10.6. The Morgan fingerprint density at radius 3 is 2.70 bits per heavy atom. The van der Waals surface area contributed by atoms with Gasteiger partial charge in [-0.25, -0.2) is 0 Å². The number of hydrogen-bond donors (Lipinski definition) is 1. The summed E-state index contributed by atoms with van der Waals surface area (Å²) in [7, 11) is 3.21. The monoisotopic (exact) mass is 292 g/mol. The van der Waals surface area contributed by atoms with Crippen LogP contribution >= 0.6 is 11.6 Å². The minimum Gasteiger partial charge on any atom is -0.493 e. The highest BCUT2D eigenvalue weighted by Crippen LogP contribution is 2.30. The van der Waals surface area contributed by atoms with Crippen molar-refractivity contribution >= 4 is 17.3 Å². The molecule has 0 spiro atoms. The molecule has 2 aromatic rings. The van der Waals surface area contributed by atoms with E-state index in [9.17, 15) is 0 Å². The third-order valence-electron chi connectivity index (χ3n) is 3.08. The highest BCUT2D eigenvalue weighted by Gasteiger charge is 2.11. The van der Waals surface area contributed by atoms with Crippen LogP contribution in [0, 0.1) is 6.92 Å². The molecule has 1 N–H and O–H groups in total. The minimum absolute atomic E-state index is 0.529. The molecule has 4 nitrogen and oxygen atoms in total. The second-order valence-corrected chi connectivity index (χ2v) is 4.67. The van der Waals surface area contributed by atoms with Gasteiger partial charge in [0.15, 0.2) is 11.5 Å². The summed E-state index contributed by atoms with van der Waals surface area (Å²) in [6.45, 7) is 2.50. The van der Waals surface area contributed by atoms with Crippen molar-refractivity contribution < 1.29 is 9.47 Å². The molecule has 0 aliphatic heterocycles. The lowest BCUT2D eigenvalue weighted by Gasteiger charge is -2.14. The number of nitrogens with one attached hydrogen (secondary N) is 1. The third-order valence-corrected chi connectivity index (χ3v) is 3.49. The van der Waals surface area contributed by atoms with Crippen LogP contribution in [0.4, 0.5) is 5.69 Å². The lowest BCUT2D eigenvalue weighted by molar-refractivity contribution is 0.350. The first-order valence-electron chi connectivity index (χ1n) is 6.22. The topological polar surface area (TPSA) is 43.4 Å². The molecule has 1 aromatic heterocycles. The van der Waals surface area contributed by atoms with Crippen molar-refractivity contribution in [3.05, 3.63) is 46.7 Å². The van der Waals surface area contributed by atoms with E-state index in [1.54, 1.807) is 26.5 Å². The van der Waals surface area contributed by atoms with Crippen LogP contribution in [-0.2, 0) is 6.54 Å². The maximum absolute atomic E-state index is 6.10. The molecule has 0 aliphatic rings. The highest BCUT2D eigenvalue weighted by molar-refractivity contribution is 6.31. The Bertz CT molecular complexity index is 602. The van der Waals surface area contributed by atoms with E-state index in [0.29, 0.717) is 18.0 Å². The van der Waals surface area contributed by atoms with Crippen molar-refractivity contribution in [1.82, 2.24) is 4.98 Å². The second-order valence-electron chi connectivity index (χ2n) is 4.26. The number of anilines is 1. The van der Waals surface area contributed by atoms with Gasteiger partial charge in [0.1, 0.15) is 5.69 Å². The van der Waals surface area contributed by atoms with E-state index in [1.807, 2.05) is 25.1 Å². The number of rotatable bonds is 5. The zero-order valence-corrected chi connectivity index (χ0v) is 12.5. The summed E-state index contributed by atoms with van der Waals surface area (Å²) in [5.41, 5.74) is 2.77. The number of nitrogens with zero attached hydrogens (tertiary/aromatic N) is 1. The van der Waals surface area contributed by atoms with Gasteiger partial charge in [0.25, 0.3) is 0 Å². The van der Waals surface area contributed by atoms with Crippen molar-refractivity contribution in [3.8, 4) is 11.5 Å². The molecule has 2 rings (SSSR count). The zero-order valence-electron chi connectivity index (χ0n) is 11.7. The lowest BCUT2D eigenvalue weighted by Crippen LogP contribution is -2.06. The normalized spacial score (nSPS) is 10.2. The van der Waals surface area contributed by atoms with Crippen LogP contribution in [-0.4, -0.2) is 19.2 Å². The van der Waals surface area contributed by atoms with Crippen LogP contribution in [0.25, 0.3) is 0 Å². The highest BCUT2D eigenvalue weighted by atomic mass is 35.5. The van der Waals surface area contributed by atoms with Crippen LogP contribution in [0.2, 0.25) is 5.02 Å². The molecule has 1 heterocycles. The fraction of sp³-hybridized carbons (Fsp3) is 0.267. The van der Waals surface area contributed by atoms with Crippen molar-refractivity contribution in [2.75, 3.05) is 19.5 Å². The van der Waals surface area contributed by atoms with Gasteiger partial charge in [-0.1, -0.05) is 17.7 Å². The van der Waals surface area contributed by atoms with Crippen molar-refractivity contribution in [2.45, 2.75) is 13.5 Å². The Morgan fingerprint density at radius 2 is 2.00 bits per heavy atom. The molecule has 0 saturated carbocycles. The summed E-state index contributed by atoms with van der Waals surface area (Å²) in [5.74, 6) is 1.31. The van der Waals surface area contributed by atoms with Gasteiger partial charge in [-0.2, -0.15) is 0 Å². The number of aromatic nitrogens is 1. The second kappa shape index (κ2) is 6.48. The summed E-state index contributed by atoms with van der Waals surface area (Å²) in [4.78, 5) is 4.32. The average molecular weight is 293 g/mol. The summed E-state index contributed by atoms with van der Waals surface area (Å²) >= 11 is 6.10. The van der Waals surface area contributed by atoms with Crippen molar-refractivity contribution in [1.29, 1.82) is 0 Å². The van der Waals surface area contributed by atoms with E-state index < -0.39 is 0 Å². The zero-order chi connectivity index (χ0) is 14.5. The van der Waals surface area contributed by atoms with E-state index in [-0.39, 0.29) is 0 Å². The Hall–Kier alpha value is -1.94. The molecule has 1 aromatic carbocycles. The van der Waals surface area contributed by atoms with Gasteiger partial charge in [-0.15, -0.1) is 0 Å². The largest absolute Gasteiger partial charge is 0.493 e. The standard InChI is InChI=1S/C15H17ClN2O2/c1-10-11(16)5-4-6-12(10)18-9-13-15(20-3)14(19-2)7-8-17-13/h4-8,18H,9H2,1-3H3. The van der Waals surface area contributed by atoms with Crippen molar-refractivity contribution in [2.24, 2.45) is 0 Å². The Labute approximate surface area is 123 Å². The number of halogens is 1. The molecule has 0 atom stereocenters. The van der Waals surface area contributed by atoms with E-state index in [0.717, 1.165) is 22.0 Å². The number of benzene rings is 1. The van der Waals surface area contributed by atoms with Gasteiger partial charge in [0.2, 0.25) is 0 Å². The van der Waals surface area contributed by atoms with Crippen LogP contribution in [0.15, 0.2) is 30.5 Å². The van der Waals surface area contributed by atoms with Gasteiger partial charge >= 0.3 is 0 Å². The minimum atomic E-state index is 0.529. The number of methoxy groups -OCH3 is 2. The van der Waals surface area contributed by atoms with Gasteiger partial charge in [0, 0.05) is 23.0 Å². The molecule has 0 fully saturated rings. The van der Waals surface area contributed by atoms with E-state index >= 15 is 0 Å². The van der Waals surface area contributed by atoms with E-state index in [4.69, 9.17) is 21.1 Å². The average Bonchev–Trinajstić information content (AvgIpc) is 2.48. The Kier molecular flexibility index (Phi) is 4.69. The fourth-order valence-corrected chi connectivity index (χ4v) is 2.13. The van der Waals surface area contributed by atoms with Gasteiger partial charge in [0.05, 0.1) is 20.8 Å². The molecular weight excluding hydrogens is 276 g/mol. The molecule has 0 bridgehead atoms. The summed E-state index contributed by atoms with van der Waals surface area (Å²) in [6, 6.07) is 7.53. The molecular formula is C15H17ClN2O2. The predicted molar refractivity (Wildman–Crippen MR) is 80.9 cm³/mol. The molecule has 106 valence electrons. The molecule has 5 heteroatoms. The Balaban J connectivity index is 2.21. The first-order valence-corrected chi connectivity index (χ1v) is 6.60. The molecule has 20 heavy (non-hydrogen) atoms. The quantitative estimate of drug-likeness (QED) is 0.913. The predicted octanol–water partition coefficient (Wildman–Crippen LogP) is 3.67. The summed E-state index contributed by atoms with van der Waals surface area (Å²) in [6.07, 6.45) is 1.70. The maximum atomic E-state index is 6.10. The SMILES string of the molecule is COc1ccnc(CNc2cccc(Cl)c2C)c1OC. The maximum Gasteiger partial charge on any atom is 0.184 e. The van der Waals surface area contributed by atoms with Gasteiger partial charge < -0.3 is 14.8 Å². The fourth-order valence-electron chi connectivity index (χ4n) is 1.95. The molecule has 0 unspecified atom stereocenters. The van der Waals surface area contributed by atoms with Crippen LogP contribution < -0.4 is 14.8 Å². The lowest BCUT2D eigenvalue weighted by atomic mass is 10.2. The number of hydrogen-bond acceptors (Lipinski definition) is 4. The van der Waals surface area contributed by atoms with Crippen LogP contribution in [0.5, 0.6) is 11.5 Å². The molecule has 0 amide bonds. The summed E-state index contributed by atoms with van der Waals surface area (Å²) in [5, 5.41) is 4.05. The van der Waals surface area contributed by atoms with Crippen LogP contribution in [0.3, 0.4) is 0 Å². The Morgan fingerprint density at radius 1 is 1.20 bits per heavy atom.